The molecule has 0 N–H and O–H groups in total. The van der Waals surface area contributed by atoms with Gasteiger partial charge < -0.3 is 0 Å². The molecule has 0 radical (unpaired) electrons. The van der Waals surface area contributed by atoms with Gasteiger partial charge in [0.25, 0.3) is 0 Å². The van der Waals surface area contributed by atoms with Gasteiger partial charge in [0.15, 0.2) is 5.78 Å². The lowest BCUT2D eigenvalue weighted by Crippen LogP contribution is -1.96. The van der Waals surface area contributed by atoms with Crippen molar-refractivity contribution in [3.63, 3.8) is 0 Å². The van der Waals surface area contributed by atoms with Gasteiger partial charge in [-0.05, 0) is 31.5 Å². The minimum atomic E-state index is -0.360. The van der Waals surface area contributed by atoms with E-state index in [-0.39, 0.29) is 11.6 Å². The zero-order valence-corrected chi connectivity index (χ0v) is 8.52. The molecule has 0 spiro atoms. The molecule has 72 valence electrons. The molecule has 0 aliphatic heterocycles. The molecule has 0 atom stereocenters. The fourth-order valence-corrected chi connectivity index (χ4v) is 0.974. The number of hydrogen-bond donors (Lipinski definition) is 0. The molecule has 0 aromatic heterocycles. The van der Waals surface area contributed by atoms with E-state index in [0.717, 1.165) is 5.56 Å². The predicted molar refractivity (Wildman–Crippen MR) is 52.5 cm³/mol. The first-order valence-corrected chi connectivity index (χ1v) is 4.38. The summed E-state index contributed by atoms with van der Waals surface area (Å²) in [6, 6.07) is 4.21. The lowest BCUT2D eigenvalue weighted by Gasteiger charge is -1.99. The van der Waals surface area contributed by atoms with Gasteiger partial charge in [0.1, 0.15) is 5.82 Å². The number of halogens is 1. The Bertz CT molecular complexity index is 292. The molecule has 0 bridgehead atoms. The van der Waals surface area contributed by atoms with Crippen molar-refractivity contribution in [2.24, 2.45) is 0 Å². The van der Waals surface area contributed by atoms with Crippen LogP contribution in [0.15, 0.2) is 18.2 Å². The Balaban J connectivity index is 0.000000671. The highest BCUT2D eigenvalue weighted by molar-refractivity contribution is 5.95. The van der Waals surface area contributed by atoms with Crippen molar-refractivity contribution in [1.82, 2.24) is 0 Å². The Hall–Kier alpha value is -1.18. The van der Waals surface area contributed by atoms with Crippen molar-refractivity contribution < 1.29 is 9.18 Å². The van der Waals surface area contributed by atoms with Gasteiger partial charge >= 0.3 is 0 Å². The molecular formula is C11H15FO. The van der Waals surface area contributed by atoms with Crippen LogP contribution in [0, 0.1) is 12.7 Å². The molecule has 0 saturated heterocycles. The zero-order valence-electron chi connectivity index (χ0n) is 8.52. The fourth-order valence-electron chi connectivity index (χ4n) is 0.974. The van der Waals surface area contributed by atoms with Gasteiger partial charge in [-0.2, -0.15) is 0 Å². The van der Waals surface area contributed by atoms with Crippen LogP contribution >= 0.6 is 0 Å². The number of Topliss-reactive ketones (excluding diaryl/α,β-unsaturated/α-hetero) is 1. The zero-order chi connectivity index (χ0) is 10.4. The molecule has 0 fully saturated rings. The number of carbonyl (C=O) groups is 1. The first-order chi connectivity index (χ1) is 6.11. The Morgan fingerprint density at radius 2 is 1.85 bits per heavy atom. The third kappa shape index (κ3) is 3.36. The summed E-state index contributed by atoms with van der Waals surface area (Å²) < 4.78 is 12.6. The van der Waals surface area contributed by atoms with E-state index in [2.05, 4.69) is 0 Å². The van der Waals surface area contributed by atoms with E-state index >= 15 is 0 Å². The van der Waals surface area contributed by atoms with Crippen LogP contribution in [0.3, 0.4) is 0 Å². The molecule has 0 aliphatic carbocycles. The number of rotatable bonds is 1. The van der Waals surface area contributed by atoms with E-state index < -0.39 is 0 Å². The van der Waals surface area contributed by atoms with Crippen LogP contribution in [0.4, 0.5) is 4.39 Å². The third-order valence-electron chi connectivity index (χ3n) is 1.58. The monoisotopic (exact) mass is 182 g/mol. The maximum atomic E-state index is 12.6. The highest BCUT2D eigenvalue weighted by Gasteiger charge is 2.03. The second-order valence-corrected chi connectivity index (χ2v) is 2.52. The van der Waals surface area contributed by atoms with Gasteiger partial charge in [-0.25, -0.2) is 4.39 Å². The van der Waals surface area contributed by atoms with Crippen molar-refractivity contribution in [3.05, 3.63) is 35.1 Å². The lowest BCUT2D eigenvalue weighted by molar-refractivity contribution is 0.101. The van der Waals surface area contributed by atoms with Gasteiger partial charge in [0, 0.05) is 5.56 Å². The first kappa shape index (κ1) is 11.8. The molecule has 0 saturated carbocycles. The van der Waals surface area contributed by atoms with Gasteiger partial charge in [-0.15, -0.1) is 0 Å². The molecule has 13 heavy (non-hydrogen) atoms. The van der Waals surface area contributed by atoms with Crippen LogP contribution in [0.25, 0.3) is 0 Å². The highest BCUT2D eigenvalue weighted by Crippen LogP contribution is 2.10. The summed E-state index contributed by atoms with van der Waals surface area (Å²) in [5.74, 6) is -0.456. The van der Waals surface area contributed by atoms with Crippen molar-refractivity contribution in [2.75, 3.05) is 0 Å². The van der Waals surface area contributed by atoms with Crippen LogP contribution < -0.4 is 0 Å². The van der Waals surface area contributed by atoms with Crippen molar-refractivity contribution in [3.8, 4) is 0 Å². The van der Waals surface area contributed by atoms with Crippen molar-refractivity contribution in [1.29, 1.82) is 0 Å². The van der Waals surface area contributed by atoms with Gasteiger partial charge in [-0.3, -0.25) is 4.79 Å². The Morgan fingerprint density at radius 1 is 1.31 bits per heavy atom. The Labute approximate surface area is 78.6 Å². The summed E-state index contributed by atoms with van der Waals surface area (Å²) in [7, 11) is 0. The highest BCUT2D eigenvalue weighted by atomic mass is 19.1. The van der Waals surface area contributed by atoms with Crippen LogP contribution in [0.5, 0.6) is 0 Å². The van der Waals surface area contributed by atoms with Crippen LogP contribution in [0.2, 0.25) is 0 Å². The predicted octanol–water partition coefficient (Wildman–Crippen LogP) is 3.36. The Kier molecular flexibility index (Phi) is 4.97. The van der Waals surface area contributed by atoms with Gasteiger partial charge in [0.2, 0.25) is 0 Å². The normalized spacial score (nSPS) is 8.69. The van der Waals surface area contributed by atoms with E-state index in [4.69, 9.17) is 0 Å². The Morgan fingerprint density at radius 3 is 2.23 bits per heavy atom. The summed E-state index contributed by atoms with van der Waals surface area (Å²) in [6.07, 6.45) is 0. The molecule has 0 unspecified atom stereocenters. The molecule has 2 heteroatoms. The lowest BCUT2D eigenvalue weighted by atomic mass is 10.1. The molecule has 1 aromatic rings. The van der Waals surface area contributed by atoms with Crippen molar-refractivity contribution >= 4 is 5.78 Å². The first-order valence-electron chi connectivity index (χ1n) is 4.38. The molecule has 1 rings (SSSR count). The van der Waals surface area contributed by atoms with Crippen LogP contribution in [-0.4, -0.2) is 5.78 Å². The number of carbonyl (C=O) groups excluding carboxylic acids is 1. The maximum Gasteiger partial charge on any atom is 0.160 e. The summed E-state index contributed by atoms with van der Waals surface area (Å²) >= 11 is 0. The standard InChI is InChI=1S/C9H9FO.C2H6/c1-6-3-4-8(10)5-9(6)7(2)11;1-2/h3-5H,1-2H3;1-2H3. The second-order valence-electron chi connectivity index (χ2n) is 2.52. The number of ketones is 1. The average Bonchev–Trinajstić information content (AvgIpc) is 2.12. The number of aryl methyl sites for hydroxylation is 1. The van der Waals surface area contributed by atoms with E-state index in [1.807, 2.05) is 13.8 Å². The SMILES string of the molecule is CC.CC(=O)c1cc(F)ccc1C. The molecule has 0 amide bonds. The topological polar surface area (TPSA) is 17.1 Å². The second kappa shape index (κ2) is 5.46. The van der Waals surface area contributed by atoms with Crippen LogP contribution in [-0.2, 0) is 0 Å². The van der Waals surface area contributed by atoms with Crippen molar-refractivity contribution in [2.45, 2.75) is 27.7 Å². The molecule has 0 heterocycles. The number of benzene rings is 1. The summed E-state index contributed by atoms with van der Waals surface area (Å²) in [4.78, 5) is 10.9. The largest absolute Gasteiger partial charge is 0.294 e. The summed E-state index contributed by atoms with van der Waals surface area (Å²) in [5, 5.41) is 0. The van der Waals surface area contributed by atoms with E-state index in [0.29, 0.717) is 5.56 Å². The van der Waals surface area contributed by atoms with Crippen LogP contribution in [0.1, 0.15) is 36.7 Å². The van der Waals surface area contributed by atoms with Gasteiger partial charge in [-0.1, -0.05) is 19.9 Å². The quantitative estimate of drug-likeness (QED) is 0.608. The minimum Gasteiger partial charge on any atom is -0.294 e. The van der Waals surface area contributed by atoms with E-state index in [1.165, 1.54) is 19.1 Å². The number of hydrogen-bond acceptors (Lipinski definition) is 1. The summed E-state index contributed by atoms with van der Waals surface area (Å²) in [5.41, 5.74) is 1.28. The molecular weight excluding hydrogens is 167 g/mol. The van der Waals surface area contributed by atoms with E-state index in [9.17, 15) is 9.18 Å². The smallest absolute Gasteiger partial charge is 0.160 e. The molecule has 1 aromatic carbocycles. The average molecular weight is 182 g/mol. The van der Waals surface area contributed by atoms with Gasteiger partial charge in [0.05, 0.1) is 0 Å². The minimum absolute atomic E-state index is 0.0954. The summed E-state index contributed by atoms with van der Waals surface area (Å²) in [6.45, 7) is 7.22. The molecule has 1 nitrogen and oxygen atoms in total. The van der Waals surface area contributed by atoms with E-state index in [1.54, 1.807) is 13.0 Å². The molecule has 0 aliphatic rings. The third-order valence-corrected chi connectivity index (χ3v) is 1.58. The maximum absolute atomic E-state index is 12.6. The fraction of sp³-hybridized carbons (Fsp3) is 0.364.